The first kappa shape index (κ1) is 12.6. The van der Waals surface area contributed by atoms with E-state index in [2.05, 4.69) is 31.7 Å². The highest BCUT2D eigenvalue weighted by molar-refractivity contribution is 9.10. The Balaban J connectivity index is 1.83. The predicted octanol–water partition coefficient (Wildman–Crippen LogP) is 2.23. The summed E-state index contributed by atoms with van der Waals surface area (Å²) in [5, 5.41) is 9.85. The molecule has 2 N–H and O–H groups in total. The number of hydrogen-bond donors (Lipinski definition) is 2. The quantitative estimate of drug-likeness (QED) is 0.910. The third kappa shape index (κ3) is 3.59. The lowest BCUT2D eigenvalue weighted by molar-refractivity contribution is -0.114. The monoisotopic (exact) mass is 308 g/mol. The maximum absolute atomic E-state index is 11.7. The molecule has 0 saturated heterocycles. The van der Waals surface area contributed by atoms with Crippen LogP contribution in [0.4, 0.5) is 11.5 Å². The Labute approximate surface area is 113 Å². The number of hydrogen-bond acceptors (Lipinski definition) is 3. The van der Waals surface area contributed by atoms with Crippen LogP contribution in [0.3, 0.4) is 0 Å². The number of carbonyl (C=O) groups excluding carboxylic acids is 1. The smallest absolute Gasteiger partial charge is 0.243 e. The molecular formula is C12H13BrN4O. The predicted molar refractivity (Wildman–Crippen MR) is 74.5 cm³/mol. The van der Waals surface area contributed by atoms with Crippen molar-refractivity contribution in [3.05, 3.63) is 41.0 Å². The van der Waals surface area contributed by atoms with Gasteiger partial charge in [0.05, 0.1) is 6.54 Å². The first-order chi connectivity index (χ1) is 8.63. The normalized spacial score (nSPS) is 10.1. The van der Waals surface area contributed by atoms with Crippen LogP contribution in [-0.2, 0) is 11.8 Å². The summed E-state index contributed by atoms with van der Waals surface area (Å²) in [5.41, 5.74) is 0.769. The molecular weight excluding hydrogens is 296 g/mol. The molecule has 1 aromatic heterocycles. The molecule has 18 heavy (non-hydrogen) atoms. The number of aromatic nitrogens is 2. The Morgan fingerprint density at radius 3 is 2.67 bits per heavy atom. The average molecular weight is 309 g/mol. The number of nitrogens with one attached hydrogen (secondary N) is 2. The molecule has 1 aromatic carbocycles. The van der Waals surface area contributed by atoms with Gasteiger partial charge in [-0.1, -0.05) is 15.9 Å². The number of anilines is 2. The van der Waals surface area contributed by atoms with Crippen LogP contribution in [0.5, 0.6) is 0 Å². The SMILES string of the molecule is Cn1ccc(NCC(=O)Nc2ccc(Br)cc2)n1. The van der Waals surface area contributed by atoms with E-state index in [9.17, 15) is 4.79 Å². The summed E-state index contributed by atoms with van der Waals surface area (Å²) < 4.78 is 2.65. The highest BCUT2D eigenvalue weighted by Crippen LogP contribution is 2.13. The highest BCUT2D eigenvalue weighted by atomic mass is 79.9. The molecule has 0 atom stereocenters. The summed E-state index contributed by atoms with van der Waals surface area (Å²) in [6, 6.07) is 9.24. The van der Waals surface area contributed by atoms with E-state index in [1.54, 1.807) is 4.68 Å². The average Bonchev–Trinajstić information content (AvgIpc) is 2.76. The van der Waals surface area contributed by atoms with Gasteiger partial charge in [-0.25, -0.2) is 0 Å². The van der Waals surface area contributed by atoms with Crippen LogP contribution in [0.25, 0.3) is 0 Å². The maximum Gasteiger partial charge on any atom is 0.243 e. The summed E-state index contributed by atoms with van der Waals surface area (Å²) in [7, 11) is 1.83. The Bertz CT molecular complexity index is 535. The standard InChI is InChI=1S/C12H13BrN4O/c1-17-7-6-11(16-17)14-8-12(18)15-10-4-2-9(13)3-5-10/h2-7H,8H2,1H3,(H,14,16)(H,15,18). The van der Waals surface area contributed by atoms with E-state index >= 15 is 0 Å². The van der Waals surface area contributed by atoms with Crippen LogP contribution < -0.4 is 10.6 Å². The molecule has 0 bridgehead atoms. The van der Waals surface area contributed by atoms with Crippen molar-refractivity contribution in [1.82, 2.24) is 9.78 Å². The maximum atomic E-state index is 11.7. The molecule has 2 aromatic rings. The third-order valence-corrected chi connectivity index (χ3v) is 2.80. The number of amides is 1. The van der Waals surface area contributed by atoms with Gasteiger partial charge in [-0.3, -0.25) is 9.48 Å². The lowest BCUT2D eigenvalue weighted by Crippen LogP contribution is -2.21. The lowest BCUT2D eigenvalue weighted by Gasteiger charge is -2.05. The second-order valence-electron chi connectivity index (χ2n) is 3.78. The third-order valence-electron chi connectivity index (χ3n) is 2.27. The Hall–Kier alpha value is -1.82. The van der Waals surface area contributed by atoms with E-state index in [1.165, 1.54) is 0 Å². The van der Waals surface area contributed by atoms with Gasteiger partial charge in [-0.15, -0.1) is 0 Å². The van der Waals surface area contributed by atoms with Gasteiger partial charge >= 0.3 is 0 Å². The van der Waals surface area contributed by atoms with E-state index < -0.39 is 0 Å². The minimum Gasteiger partial charge on any atom is -0.360 e. The van der Waals surface area contributed by atoms with Gasteiger partial charge < -0.3 is 10.6 Å². The van der Waals surface area contributed by atoms with E-state index in [4.69, 9.17) is 0 Å². The lowest BCUT2D eigenvalue weighted by atomic mass is 10.3. The van der Waals surface area contributed by atoms with E-state index in [0.29, 0.717) is 5.82 Å². The number of rotatable bonds is 4. The van der Waals surface area contributed by atoms with Crippen LogP contribution in [-0.4, -0.2) is 22.2 Å². The molecule has 0 unspecified atom stereocenters. The molecule has 0 radical (unpaired) electrons. The number of benzene rings is 1. The number of aryl methyl sites for hydroxylation is 1. The van der Waals surface area contributed by atoms with E-state index in [-0.39, 0.29) is 12.5 Å². The fourth-order valence-electron chi connectivity index (χ4n) is 1.42. The van der Waals surface area contributed by atoms with Crippen LogP contribution in [0.15, 0.2) is 41.0 Å². The van der Waals surface area contributed by atoms with Gasteiger partial charge in [0.25, 0.3) is 0 Å². The molecule has 94 valence electrons. The minimum absolute atomic E-state index is 0.108. The molecule has 0 fully saturated rings. The molecule has 6 heteroatoms. The van der Waals surface area contributed by atoms with E-state index in [0.717, 1.165) is 10.2 Å². The van der Waals surface area contributed by atoms with Crippen LogP contribution in [0, 0.1) is 0 Å². The molecule has 0 spiro atoms. The molecule has 2 rings (SSSR count). The fourth-order valence-corrected chi connectivity index (χ4v) is 1.68. The van der Waals surface area contributed by atoms with Crippen LogP contribution >= 0.6 is 15.9 Å². The largest absolute Gasteiger partial charge is 0.360 e. The van der Waals surface area contributed by atoms with Gasteiger partial charge in [-0.2, -0.15) is 5.10 Å². The molecule has 1 heterocycles. The summed E-state index contributed by atoms with van der Waals surface area (Å²) in [6.07, 6.45) is 1.81. The van der Waals surface area contributed by atoms with Crippen LogP contribution in [0.2, 0.25) is 0 Å². The van der Waals surface area contributed by atoms with Crippen molar-refractivity contribution < 1.29 is 4.79 Å². The molecule has 0 aliphatic carbocycles. The van der Waals surface area contributed by atoms with E-state index in [1.807, 2.05) is 43.6 Å². The van der Waals surface area contributed by atoms with Crippen molar-refractivity contribution in [3.8, 4) is 0 Å². The Kier molecular flexibility index (Phi) is 3.99. The highest BCUT2D eigenvalue weighted by Gasteiger charge is 2.03. The zero-order valence-electron chi connectivity index (χ0n) is 9.85. The zero-order valence-corrected chi connectivity index (χ0v) is 11.4. The zero-order chi connectivity index (χ0) is 13.0. The van der Waals surface area contributed by atoms with Gasteiger partial charge in [0.2, 0.25) is 5.91 Å². The number of halogens is 1. The van der Waals surface area contributed by atoms with Crippen molar-refractivity contribution in [2.75, 3.05) is 17.2 Å². The molecule has 0 aliphatic rings. The second kappa shape index (κ2) is 5.68. The Morgan fingerprint density at radius 1 is 1.33 bits per heavy atom. The second-order valence-corrected chi connectivity index (χ2v) is 4.70. The number of carbonyl (C=O) groups is 1. The van der Waals surface area contributed by atoms with Crippen molar-refractivity contribution in [2.45, 2.75) is 0 Å². The van der Waals surface area contributed by atoms with Gasteiger partial charge in [0.1, 0.15) is 5.82 Å². The molecule has 0 aliphatic heterocycles. The van der Waals surface area contributed by atoms with Crippen molar-refractivity contribution >= 4 is 33.3 Å². The fraction of sp³-hybridized carbons (Fsp3) is 0.167. The first-order valence-electron chi connectivity index (χ1n) is 5.42. The molecule has 5 nitrogen and oxygen atoms in total. The molecule has 1 amide bonds. The van der Waals surface area contributed by atoms with Crippen molar-refractivity contribution in [3.63, 3.8) is 0 Å². The summed E-state index contributed by atoms with van der Waals surface area (Å²) >= 11 is 3.34. The van der Waals surface area contributed by atoms with Gasteiger partial charge in [0.15, 0.2) is 0 Å². The summed E-state index contributed by atoms with van der Waals surface area (Å²) in [4.78, 5) is 11.7. The Morgan fingerprint density at radius 2 is 2.06 bits per heavy atom. The minimum atomic E-state index is -0.108. The topological polar surface area (TPSA) is 59.0 Å². The summed E-state index contributed by atoms with van der Waals surface area (Å²) in [5.74, 6) is 0.575. The first-order valence-corrected chi connectivity index (χ1v) is 6.22. The molecule has 0 saturated carbocycles. The van der Waals surface area contributed by atoms with Crippen molar-refractivity contribution in [1.29, 1.82) is 0 Å². The van der Waals surface area contributed by atoms with Gasteiger partial charge in [-0.05, 0) is 24.3 Å². The number of nitrogens with zero attached hydrogens (tertiary/aromatic N) is 2. The van der Waals surface area contributed by atoms with Crippen molar-refractivity contribution in [2.24, 2.45) is 7.05 Å². The van der Waals surface area contributed by atoms with Crippen LogP contribution in [0.1, 0.15) is 0 Å². The van der Waals surface area contributed by atoms with Gasteiger partial charge in [0, 0.05) is 29.5 Å². The summed E-state index contributed by atoms with van der Waals surface area (Å²) in [6.45, 7) is 0.188.